The summed E-state index contributed by atoms with van der Waals surface area (Å²) in [5.74, 6) is 0.664. The lowest BCUT2D eigenvalue weighted by Gasteiger charge is -2.14. The van der Waals surface area contributed by atoms with Crippen LogP contribution in [0.5, 0.6) is 11.5 Å². The molecule has 0 spiro atoms. The van der Waals surface area contributed by atoms with Crippen LogP contribution in [-0.2, 0) is 17.8 Å². The van der Waals surface area contributed by atoms with Gasteiger partial charge in [0.25, 0.3) is 0 Å². The van der Waals surface area contributed by atoms with Crippen molar-refractivity contribution in [2.45, 2.75) is 20.0 Å². The first kappa shape index (κ1) is 22.7. The molecule has 0 radical (unpaired) electrons. The summed E-state index contributed by atoms with van der Waals surface area (Å²) in [4.78, 5) is 12.0. The molecular formula is C24H22FIN2O3. The van der Waals surface area contributed by atoms with Crippen LogP contribution in [0.25, 0.3) is 0 Å². The second-order valence-corrected chi connectivity index (χ2v) is 7.80. The van der Waals surface area contributed by atoms with Crippen LogP contribution in [0.2, 0.25) is 0 Å². The summed E-state index contributed by atoms with van der Waals surface area (Å²) in [6.07, 6.45) is 1.67. The minimum absolute atomic E-state index is 0.117. The second kappa shape index (κ2) is 11.5. The minimum atomic E-state index is -0.335. The third kappa shape index (κ3) is 7.06. The fourth-order valence-electron chi connectivity index (χ4n) is 2.80. The van der Waals surface area contributed by atoms with Crippen molar-refractivity contribution < 1.29 is 18.7 Å². The van der Waals surface area contributed by atoms with Gasteiger partial charge < -0.3 is 9.47 Å². The van der Waals surface area contributed by atoms with Gasteiger partial charge in [-0.15, -0.1) is 0 Å². The number of hydrazone groups is 1. The number of nitrogens with zero attached hydrogens (tertiary/aromatic N) is 1. The van der Waals surface area contributed by atoms with Crippen LogP contribution >= 0.6 is 22.6 Å². The average molecular weight is 532 g/mol. The van der Waals surface area contributed by atoms with Crippen molar-refractivity contribution in [2.24, 2.45) is 5.10 Å². The van der Waals surface area contributed by atoms with Crippen LogP contribution in [0.4, 0.5) is 4.39 Å². The smallest absolute Gasteiger partial charge is 0.244 e. The molecule has 5 nitrogen and oxygen atoms in total. The summed E-state index contributed by atoms with van der Waals surface area (Å²) in [6.45, 7) is 2.83. The molecule has 0 saturated heterocycles. The zero-order chi connectivity index (χ0) is 22.1. The predicted molar refractivity (Wildman–Crippen MR) is 127 cm³/mol. The molecule has 0 bridgehead atoms. The van der Waals surface area contributed by atoms with Crippen LogP contribution in [-0.4, -0.2) is 18.7 Å². The van der Waals surface area contributed by atoms with Crippen LogP contribution in [0.1, 0.15) is 23.6 Å². The number of halogens is 2. The molecule has 31 heavy (non-hydrogen) atoms. The fourth-order valence-corrected chi connectivity index (χ4v) is 3.58. The highest BCUT2D eigenvalue weighted by atomic mass is 127. The van der Waals surface area contributed by atoms with Gasteiger partial charge in [-0.3, -0.25) is 4.79 Å². The Balaban J connectivity index is 1.65. The first-order valence-corrected chi connectivity index (χ1v) is 10.8. The highest BCUT2D eigenvalue weighted by Gasteiger charge is 2.12. The van der Waals surface area contributed by atoms with E-state index in [1.807, 2.05) is 49.4 Å². The quantitative estimate of drug-likeness (QED) is 0.237. The maximum Gasteiger partial charge on any atom is 0.244 e. The molecule has 0 aliphatic carbocycles. The Labute approximate surface area is 194 Å². The molecule has 7 heteroatoms. The Morgan fingerprint density at radius 3 is 2.52 bits per heavy atom. The van der Waals surface area contributed by atoms with Gasteiger partial charge in [-0.2, -0.15) is 5.10 Å². The third-order valence-corrected chi connectivity index (χ3v) is 5.04. The Bertz CT molecular complexity index is 1040. The van der Waals surface area contributed by atoms with Gasteiger partial charge in [-0.25, -0.2) is 9.82 Å². The van der Waals surface area contributed by atoms with Crippen LogP contribution in [0, 0.1) is 9.39 Å². The molecule has 0 unspecified atom stereocenters. The van der Waals surface area contributed by atoms with Gasteiger partial charge in [-0.05, 0) is 70.5 Å². The van der Waals surface area contributed by atoms with E-state index in [9.17, 15) is 9.18 Å². The number of amides is 1. The van der Waals surface area contributed by atoms with Crippen molar-refractivity contribution in [1.29, 1.82) is 0 Å². The van der Waals surface area contributed by atoms with Gasteiger partial charge in [0.05, 0.1) is 22.8 Å². The van der Waals surface area contributed by atoms with E-state index in [2.05, 4.69) is 33.1 Å². The van der Waals surface area contributed by atoms with E-state index in [4.69, 9.17) is 9.47 Å². The molecule has 0 heterocycles. The van der Waals surface area contributed by atoms with E-state index < -0.39 is 0 Å². The van der Waals surface area contributed by atoms with Gasteiger partial charge in [0, 0.05) is 0 Å². The van der Waals surface area contributed by atoms with Gasteiger partial charge in [0.2, 0.25) is 5.91 Å². The number of hydrogen-bond acceptors (Lipinski definition) is 4. The lowest BCUT2D eigenvalue weighted by Crippen LogP contribution is -2.19. The van der Waals surface area contributed by atoms with Crippen LogP contribution in [0.15, 0.2) is 71.8 Å². The van der Waals surface area contributed by atoms with E-state index in [1.54, 1.807) is 18.3 Å². The van der Waals surface area contributed by atoms with Crippen molar-refractivity contribution in [3.63, 3.8) is 0 Å². The minimum Gasteiger partial charge on any atom is -0.490 e. The first-order chi connectivity index (χ1) is 15.0. The molecule has 0 aliphatic heterocycles. The monoisotopic (exact) mass is 532 g/mol. The fraction of sp³-hybridized carbons (Fsp3) is 0.167. The summed E-state index contributed by atoms with van der Waals surface area (Å²) < 4.78 is 25.6. The molecule has 0 atom stereocenters. The maximum atomic E-state index is 13.0. The van der Waals surface area contributed by atoms with Crippen molar-refractivity contribution in [2.75, 3.05) is 6.61 Å². The largest absolute Gasteiger partial charge is 0.490 e. The number of carbonyl (C=O) groups excluding carboxylic acids is 1. The topological polar surface area (TPSA) is 59.9 Å². The summed E-state index contributed by atoms with van der Waals surface area (Å²) in [5, 5.41) is 4.02. The molecule has 1 amide bonds. The molecule has 0 aliphatic rings. The molecule has 0 aromatic heterocycles. The second-order valence-electron chi connectivity index (χ2n) is 6.63. The molecule has 0 saturated carbocycles. The molecule has 160 valence electrons. The van der Waals surface area contributed by atoms with Crippen molar-refractivity contribution in [3.05, 3.63) is 92.8 Å². The normalized spacial score (nSPS) is 10.8. The van der Waals surface area contributed by atoms with Gasteiger partial charge in [0.1, 0.15) is 12.4 Å². The number of benzene rings is 3. The predicted octanol–water partition coefficient (Wildman–Crippen LogP) is 5.10. The number of ether oxygens (including phenoxy) is 2. The Morgan fingerprint density at radius 1 is 1.06 bits per heavy atom. The molecule has 3 aromatic carbocycles. The summed E-state index contributed by atoms with van der Waals surface area (Å²) in [6, 6.07) is 19.4. The Morgan fingerprint density at radius 2 is 1.81 bits per heavy atom. The standard InChI is InChI=1S/C24H22FIN2O3/c1-2-30-22-13-19(12-21(26)24(22)31-16-18-6-4-3-5-7-18)15-27-28-23(29)14-17-8-10-20(25)11-9-17/h3-13,15H,2,14,16H2,1H3,(H,28,29)/b27-15+. The van der Waals surface area contributed by atoms with Crippen LogP contribution < -0.4 is 14.9 Å². The number of carbonyl (C=O) groups is 1. The van der Waals surface area contributed by atoms with Crippen molar-refractivity contribution in [1.82, 2.24) is 5.43 Å². The van der Waals surface area contributed by atoms with Gasteiger partial charge in [-0.1, -0.05) is 42.5 Å². The number of nitrogens with one attached hydrogen (secondary N) is 1. The molecule has 0 fully saturated rings. The van der Waals surface area contributed by atoms with E-state index in [1.165, 1.54) is 12.1 Å². The van der Waals surface area contributed by atoms with Crippen molar-refractivity contribution in [3.8, 4) is 11.5 Å². The van der Waals surface area contributed by atoms with Gasteiger partial charge >= 0.3 is 0 Å². The third-order valence-electron chi connectivity index (χ3n) is 4.24. The molecular weight excluding hydrogens is 510 g/mol. The lowest BCUT2D eigenvalue weighted by atomic mass is 10.1. The summed E-state index contributed by atoms with van der Waals surface area (Å²) in [7, 11) is 0. The van der Waals surface area contributed by atoms with Gasteiger partial charge in [0.15, 0.2) is 11.5 Å². The maximum absolute atomic E-state index is 13.0. The van der Waals surface area contributed by atoms with E-state index in [-0.39, 0.29) is 18.1 Å². The number of rotatable bonds is 9. The average Bonchev–Trinajstić information content (AvgIpc) is 2.76. The number of hydrogen-bond donors (Lipinski definition) is 1. The van der Waals surface area contributed by atoms with E-state index >= 15 is 0 Å². The highest BCUT2D eigenvalue weighted by molar-refractivity contribution is 14.1. The Hall–Kier alpha value is -2.94. The first-order valence-electron chi connectivity index (χ1n) is 9.74. The zero-order valence-electron chi connectivity index (χ0n) is 17.0. The van der Waals surface area contributed by atoms with E-state index in [0.717, 1.165) is 14.7 Å². The zero-order valence-corrected chi connectivity index (χ0v) is 19.1. The van der Waals surface area contributed by atoms with Crippen molar-refractivity contribution >= 4 is 34.7 Å². The van der Waals surface area contributed by atoms with E-state index in [0.29, 0.717) is 30.3 Å². The molecule has 1 N–H and O–H groups in total. The lowest BCUT2D eigenvalue weighted by molar-refractivity contribution is -0.120. The summed E-state index contributed by atoms with van der Waals surface area (Å²) >= 11 is 2.19. The summed E-state index contributed by atoms with van der Waals surface area (Å²) in [5.41, 5.74) is 5.03. The molecule has 3 aromatic rings. The van der Waals surface area contributed by atoms with Crippen LogP contribution in [0.3, 0.4) is 0 Å². The highest BCUT2D eigenvalue weighted by Crippen LogP contribution is 2.34. The SMILES string of the molecule is CCOc1cc(/C=N/NC(=O)Cc2ccc(F)cc2)cc(I)c1OCc1ccccc1. The molecule has 3 rings (SSSR count). The Kier molecular flexibility index (Phi) is 8.40.